The van der Waals surface area contributed by atoms with Gasteiger partial charge in [0.1, 0.15) is 4.21 Å². The van der Waals surface area contributed by atoms with Crippen LogP contribution in [0, 0.1) is 5.92 Å². The standard InChI is InChI=1S/C14H22N2O2S2/c1-10-8-12(9-10)16-20(17,18)14-5-4-13(19-14)6-7-15-11-2-3-11/h4-5,10-12,15-16H,2-3,6-9H2,1H3. The van der Waals surface area contributed by atoms with E-state index in [1.165, 1.54) is 24.2 Å². The van der Waals surface area contributed by atoms with Crippen LogP contribution < -0.4 is 10.0 Å². The Morgan fingerprint density at radius 3 is 2.65 bits per heavy atom. The Labute approximate surface area is 125 Å². The molecule has 0 amide bonds. The van der Waals surface area contributed by atoms with E-state index < -0.39 is 10.0 Å². The minimum atomic E-state index is -3.30. The third-order valence-corrected chi connectivity index (χ3v) is 7.14. The molecule has 0 radical (unpaired) electrons. The first-order chi connectivity index (χ1) is 9.53. The molecule has 4 nitrogen and oxygen atoms in total. The van der Waals surface area contributed by atoms with Gasteiger partial charge in [-0.15, -0.1) is 11.3 Å². The Kier molecular flexibility index (Phi) is 4.17. The van der Waals surface area contributed by atoms with Gasteiger partial charge in [-0.1, -0.05) is 6.92 Å². The molecule has 1 heterocycles. The van der Waals surface area contributed by atoms with Gasteiger partial charge in [0, 0.05) is 23.5 Å². The molecule has 112 valence electrons. The average Bonchev–Trinajstić information content (AvgIpc) is 3.03. The van der Waals surface area contributed by atoms with Gasteiger partial charge in [0.05, 0.1) is 0 Å². The molecule has 1 aromatic rings. The molecular formula is C14H22N2O2S2. The summed E-state index contributed by atoms with van der Waals surface area (Å²) in [4.78, 5) is 1.14. The predicted molar refractivity (Wildman–Crippen MR) is 81.6 cm³/mol. The quantitative estimate of drug-likeness (QED) is 0.810. The molecule has 6 heteroatoms. The summed E-state index contributed by atoms with van der Waals surface area (Å²) < 4.78 is 27.7. The number of nitrogens with one attached hydrogen (secondary N) is 2. The van der Waals surface area contributed by atoms with E-state index in [9.17, 15) is 8.42 Å². The lowest BCUT2D eigenvalue weighted by atomic mass is 9.83. The van der Waals surface area contributed by atoms with Crippen molar-refractivity contribution >= 4 is 21.4 Å². The zero-order chi connectivity index (χ0) is 14.2. The number of rotatable bonds is 7. The summed E-state index contributed by atoms with van der Waals surface area (Å²) in [5.41, 5.74) is 0. The summed E-state index contributed by atoms with van der Waals surface area (Å²) in [5.74, 6) is 0.648. The zero-order valence-corrected chi connectivity index (χ0v) is 13.4. The van der Waals surface area contributed by atoms with Gasteiger partial charge in [0.25, 0.3) is 0 Å². The summed E-state index contributed by atoms with van der Waals surface area (Å²) in [5, 5.41) is 3.45. The molecular weight excluding hydrogens is 292 g/mol. The predicted octanol–water partition coefficient (Wildman–Crippen LogP) is 2.12. The van der Waals surface area contributed by atoms with Gasteiger partial charge in [-0.2, -0.15) is 0 Å². The van der Waals surface area contributed by atoms with Crippen LogP contribution >= 0.6 is 11.3 Å². The molecule has 2 saturated carbocycles. The molecule has 2 aliphatic carbocycles. The molecule has 0 atom stereocenters. The number of sulfonamides is 1. The molecule has 2 fully saturated rings. The van der Waals surface area contributed by atoms with Crippen LogP contribution in [-0.4, -0.2) is 27.0 Å². The molecule has 0 bridgehead atoms. The minimum absolute atomic E-state index is 0.136. The molecule has 0 aromatic carbocycles. The minimum Gasteiger partial charge on any atom is -0.314 e. The molecule has 0 spiro atoms. The molecule has 2 aliphatic rings. The third-order valence-electron chi connectivity index (χ3n) is 3.98. The van der Waals surface area contributed by atoms with Crippen molar-refractivity contribution in [3.63, 3.8) is 0 Å². The highest BCUT2D eigenvalue weighted by molar-refractivity contribution is 7.91. The van der Waals surface area contributed by atoms with E-state index in [1.807, 2.05) is 6.07 Å². The van der Waals surface area contributed by atoms with Crippen molar-refractivity contribution in [3.05, 3.63) is 17.0 Å². The summed E-state index contributed by atoms with van der Waals surface area (Å²) in [6.07, 6.45) is 5.41. The molecule has 3 rings (SSSR count). The SMILES string of the molecule is CC1CC(NS(=O)(=O)c2ccc(CCNC3CC3)s2)C1. The summed E-state index contributed by atoms with van der Waals surface area (Å²) in [6, 6.07) is 4.52. The van der Waals surface area contributed by atoms with Crippen LogP contribution in [0.1, 0.15) is 37.5 Å². The smallest absolute Gasteiger partial charge is 0.250 e. The maximum Gasteiger partial charge on any atom is 0.250 e. The van der Waals surface area contributed by atoms with E-state index in [1.54, 1.807) is 6.07 Å². The summed E-state index contributed by atoms with van der Waals surface area (Å²) in [7, 11) is -3.30. The van der Waals surface area contributed by atoms with Crippen molar-refractivity contribution in [2.24, 2.45) is 5.92 Å². The number of hydrogen-bond acceptors (Lipinski definition) is 4. The molecule has 2 N–H and O–H groups in total. The van der Waals surface area contributed by atoms with Crippen molar-refractivity contribution < 1.29 is 8.42 Å². The summed E-state index contributed by atoms with van der Waals surface area (Å²) >= 11 is 1.40. The maximum absolute atomic E-state index is 12.2. The molecule has 0 saturated heterocycles. The van der Waals surface area contributed by atoms with Crippen molar-refractivity contribution in [3.8, 4) is 0 Å². The maximum atomic E-state index is 12.2. The topological polar surface area (TPSA) is 58.2 Å². The van der Waals surface area contributed by atoms with Crippen LogP contribution in [0.3, 0.4) is 0 Å². The fraction of sp³-hybridized carbons (Fsp3) is 0.714. The van der Waals surface area contributed by atoms with E-state index in [0.29, 0.717) is 16.2 Å². The average molecular weight is 314 g/mol. The Bertz CT molecular complexity index is 557. The van der Waals surface area contributed by atoms with Gasteiger partial charge < -0.3 is 5.32 Å². The van der Waals surface area contributed by atoms with E-state index in [4.69, 9.17) is 0 Å². The van der Waals surface area contributed by atoms with Crippen LogP contribution in [-0.2, 0) is 16.4 Å². The largest absolute Gasteiger partial charge is 0.314 e. The highest BCUT2D eigenvalue weighted by Gasteiger charge is 2.30. The second kappa shape index (κ2) is 5.75. The monoisotopic (exact) mass is 314 g/mol. The first kappa shape index (κ1) is 14.5. The Morgan fingerprint density at radius 2 is 2.00 bits per heavy atom. The molecule has 0 aliphatic heterocycles. The molecule has 20 heavy (non-hydrogen) atoms. The Hall–Kier alpha value is -0.430. The fourth-order valence-electron chi connectivity index (χ4n) is 2.60. The molecule has 0 unspecified atom stereocenters. The van der Waals surface area contributed by atoms with Crippen molar-refractivity contribution in [1.82, 2.24) is 10.0 Å². The van der Waals surface area contributed by atoms with Gasteiger partial charge >= 0.3 is 0 Å². The van der Waals surface area contributed by atoms with Crippen molar-refractivity contribution in [1.29, 1.82) is 0 Å². The van der Waals surface area contributed by atoms with Gasteiger partial charge in [-0.3, -0.25) is 0 Å². The van der Waals surface area contributed by atoms with Crippen LogP contribution in [0.15, 0.2) is 16.3 Å². The highest BCUT2D eigenvalue weighted by atomic mass is 32.2. The first-order valence-corrected chi connectivity index (χ1v) is 9.67. The van der Waals surface area contributed by atoms with E-state index in [-0.39, 0.29) is 6.04 Å². The van der Waals surface area contributed by atoms with Gasteiger partial charge in [-0.05, 0) is 50.2 Å². The lowest BCUT2D eigenvalue weighted by Gasteiger charge is -2.32. The fourth-order valence-corrected chi connectivity index (χ4v) is 5.23. The van der Waals surface area contributed by atoms with Crippen LogP contribution in [0.2, 0.25) is 0 Å². The van der Waals surface area contributed by atoms with Crippen LogP contribution in [0.4, 0.5) is 0 Å². The lowest BCUT2D eigenvalue weighted by Crippen LogP contribution is -2.43. The van der Waals surface area contributed by atoms with Crippen LogP contribution in [0.25, 0.3) is 0 Å². The highest BCUT2D eigenvalue weighted by Crippen LogP contribution is 2.29. The first-order valence-electron chi connectivity index (χ1n) is 7.37. The molecule has 1 aromatic heterocycles. The Balaban J connectivity index is 1.53. The van der Waals surface area contributed by atoms with Crippen molar-refractivity contribution in [2.45, 2.75) is 55.3 Å². The van der Waals surface area contributed by atoms with Gasteiger partial charge in [0.2, 0.25) is 10.0 Å². The number of hydrogen-bond donors (Lipinski definition) is 2. The normalized spacial score (nSPS) is 26.4. The van der Waals surface area contributed by atoms with Crippen molar-refractivity contribution in [2.75, 3.05) is 6.54 Å². The third kappa shape index (κ3) is 3.61. The van der Waals surface area contributed by atoms with E-state index in [2.05, 4.69) is 17.0 Å². The van der Waals surface area contributed by atoms with E-state index >= 15 is 0 Å². The Morgan fingerprint density at radius 1 is 1.25 bits per heavy atom. The van der Waals surface area contributed by atoms with Gasteiger partial charge in [-0.25, -0.2) is 13.1 Å². The number of thiophene rings is 1. The zero-order valence-electron chi connectivity index (χ0n) is 11.8. The second-order valence-corrected chi connectivity index (χ2v) is 9.20. The van der Waals surface area contributed by atoms with Crippen LogP contribution in [0.5, 0.6) is 0 Å². The summed E-state index contributed by atoms with van der Waals surface area (Å²) in [6.45, 7) is 3.10. The lowest BCUT2D eigenvalue weighted by molar-refractivity contribution is 0.270. The van der Waals surface area contributed by atoms with Gasteiger partial charge in [0.15, 0.2) is 0 Å². The van der Waals surface area contributed by atoms with E-state index in [0.717, 1.165) is 30.7 Å². The second-order valence-electron chi connectivity index (χ2n) is 6.09.